The molecule has 0 aromatic heterocycles. The van der Waals surface area contributed by atoms with Crippen LogP contribution in [0.2, 0.25) is 0 Å². The smallest absolute Gasteiger partial charge is 0.333 e. The normalized spacial score (nSPS) is 10.8. The van der Waals surface area contributed by atoms with Gasteiger partial charge in [-0.05, 0) is 123 Å². The number of carbonyl (C=O) groups is 4. The van der Waals surface area contributed by atoms with Gasteiger partial charge in [-0.2, -0.15) is 0 Å². The van der Waals surface area contributed by atoms with E-state index < -0.39 is 17.9 Å². The molecule has 0 amide bonds. The molecule has 0 atom stereocenters. The number of methoxy groups -OCH3 is 1. The largest absolute Gasteiger partial charge is 0.494 e. The Hall–Kier alpha value is -5.44. The van der Waals surface area contributed by atoms with Crippen LogP contribution in [-0.2, 0) is 35.0 Å². The SMILES string of the molecule is C=CC(=O)OCCCCCCOc1ccc(C(=O)/C=C/c2ccc(-c3ccc(OCCCCCCOC(=O)C(=C)CC(=O)OC)c(CC)c3)cc2)cc1. The van der Waals surface area contributed by atoms with Crippen LogP contribution in [0.4, 0.5) is 0 Å². The summed E-state index contributed by atoms with van der Waals surface area (Å²) in [5.74, 6) is 0.0456. The monoisotopic (exact) mass is 724 g/mol. The van der Waals surface area contributed by atoms with Gasteiger partial charge >= 0.3 is 17.9 Å². The minimum absolute atomic E-state index is 0.0813. The lowest BCUT2D eigenvalue weighted by Crippen LogP contribution is -2.12. The fourth-order valence-corrected chi connectivity index (χ4v) is 5.25. The van der Waals surface area contributed by atoms with Gasteiger partial charge in [-0.1, -0.05) is 56.5 Å². The number of hydrogen-bond donors (Lipinski definition) is 0. The Bertz CT molecular complexity index is 1670. The minimum Gasteiger partial charge on any atom is -0.494 e. The number of esters is 3. The van der Waals surface area contributed by atoms with E-state index in [-0.39, 0.29) is 24.4 Å². The zero-order valence-corrected chi connectivity index (χ0v) is 31.1. The summed E-state index contributed by atoms with van der Waals surface area (Å²) < 4.78 is 26.6. The fraction of sp³-hybridized carbons (Fsp3) is 0.364. The molecule has 0 aliphatic carbocycles. The molecule has 0 heterocycles. The van der Waals surface area contributed by atoms with Crippen molar-refractivity contribution in [3.63, 3.8) is 0 Å². The topological polar surface area (TPSA) is 114 Å². The first kappa shape index (κ1) is 42.0. The first-order chi connectivity index (χ1) is 25.7. The van der Waals surface area contributed by atoms with E-state index in [9.17, 15) is 19.2 Å². The average Bonchev–Trinajstić information content (AvgIpc) is 3.18. The van der Waals surface area contributed by atoms with Gasteiger partial charge in [0.15, 0.2) is 5.78 Å². The lowest BCUT2D eigenvalue weighted by atomic mass is 10.00. The quantitative estimate of drug-likeness (QED) is 0.0278. The fourth-order valence-electron chi connectivity index (χ4n) is 5.25. The lowest BCUT2D eigenvalue weighted by Gasteiger charge is -2.13. The Morgan fingerprint density at radius 2 is 1.30 bits per heavy atom. The molecule has 9 heteroatoms. The van der Waals surface area contributed by atoms with E-state index in [2.05, 4.69) is 49.1 Å². The van der Waals surface area contributed by atoms with Crippen molar-refractivity contribution in [3.8, 4) is 22.6 Å². The van der Waals surface area contributed by atoms with Gasteiger partial charge in [0.1, 0.15) is 11.5 Å². The molecular weight excluding hydrogens is 672 g/mol. The van der Waals surface area contributed by atoms with E-state index >= 15 is 0 Å². The summed E-state index contributed by atoms with van der Waals surface area (Å²) in [6, 6.07) is 21.5. The standard InChI is InChI=1S/C44H52O9/c1-5-35-32-38(22-26-41(35)51-28-12-8-10-14-30-53-44(48)33(3)31-43(47)49-4)36-18-15-34(16-19-36)17-25-40(45)37-20-23-39(24-21-37)50-27-11-7-9-13-29-52-42(46)6-2/h6,15-26,32H,2-3,5,7-14,27-31H2,1,4H3/b25-17+. The van der Waals surface area contributed by atoms with E-state index in [4.69, 9.17) is 18.9 Å². The summed E-state index contributed by atoms with van der Waals surface area (Å²) in [5, 5.41) is 0. The molecule has 3 aromatic rings. The van der Waals surface area contributed by atoms with Crippen LogP contribution in [0.3, 0.4) is 0 Å². The molecule has 0 unspecified atom stereocenters. The highest BCUT2D eigenvalue weighted by atomic mass is 16.5. The predicted molar refractivity (Wildman–Crippen MR) is 207 cm³/mol. The maximum absolute atomic E-state index is 12.8. The predicted octanol–water partition coefficient (Wildman–Crippen LogP) is 9.08. The molecular formula is C44H52O9. The van der Waals surface area contributed by atoms with Gasteiger partial charge in [-0.3, -0.25) is 9.59 Å². The average molecular weight is 725 g/mol. The number of hydrogen-bond acceptors (Lipinski definition) is 9. The van der Waals surface area contributed by atoms with Crippen LogP contribution in [0.15, 0.2) is 97.6 Å². The molecule has 0 aliphatic heterocycles. The van der Waals surface area contributed by atoms with Crippen molar-refractivity contribution in [1.29, 1.82) is 0 Å². The number of ketones is 1. The summed E-state index contributed by atoms with van der Waals surface area (Å²) in [6.07, 6.45) is 12.3. The van der Waals surface area contributed by atoms with E-state index in [0.29, 0.717) is 25.4 Å². The number of unbranched alkanes of at least 4 members (excludes halogenated alkanes) is 6. The van der Waals surface area contributed by atoms with E-state index in [1.165, 1.54) is 13.2 Å². The number of carbonyl (C=O) groups excluding carboxylic acids is 4. The maximum atomic E-state index is 12.8. The second-order valence-electron chi connectivity index (χ2n) is 12.4. The van der Waals surface area contributed by atoms with Crippen molar-refractivity contribution in [2.75, 3.05) is 33.5 Å². The summed E-state index contributed by atoms with van der Waals surface area (Å²) >= 11 is 0. The van der Waals surface area contributed by atoms with Crippen LogP contribution in [0, 0.1) is 0 Å². The Kier molecular flexibility index (Phi) is 18.9. The number of aryl methyl sites for hydroxylation is 1. The first-order valence-corrected chi connectivity index (χ1v) is 18.3. The van der Waals surface area contributed by atoms with Crippen molar-refractivity contribution >= 4 is 29.8 Å². The van der Waals surface area contributed by atoms with Gasteiger partial charge in [0.05, 0.1) is 40.0 Å². The van der Waals surface area contributed by atoms with Gasteiger partial charge in [0, 0.05) is 17.2 Å². The van der Waals surface area contributed by atoms with Crippen molar-refractivity contribution in [2.24, 2.45) is 0 Å². The minimum atomic E-state index is -0.567. The molecule has 9 nitrogen and oxygen atoms in total. The number of allylic oxidation sites excluding steroid dienone is 1. The molecule has 0 saturated heterocycles. The van der Waals surface area contributed by atoms with E-state index in [1.54, 1.807) is 18.2 Å². The molecule has 0 aliphatic rings. The zero-order chi connectivity index (χ0) is 38.3. The van der Waals surface area contributed by atoms with Gasteiger partial charge in [-0.15, -0.1) is 0 Å². The molecule has 53 heavy (non-hydrogen) atoms. The van der Waals surface area contributed by atoms with Gasteiger partial charge in [-0.25, -0.2) is 9.59 Å². The highest BCUT2D eigenvalue weighted by Gasteiger charge is 2.13. The Labute approximate surface area is 313 Å². The van der Waals surface area contributed by atoms with Crippen LogP contribution in [0.1, 0.15) is 86.2 Å². The molecule has 0 spiro atoms. The Morgan fingerprint density at radius 3 is 1.92 bits per heavy atom. The zero-order valence-electron chi connectivity index (χ0n) is 31.1. The molecule has 3 aromatic carbocycles. The van der Waals surface area contributed by atoms with Crippen LogP contribution in [0.5, 0.6) is 11.5 Å². The molecule has 0 saturated carbocycles. The maximum Gasteiger partial charge on any atom is 0.333 e. The summed E-state index contributed by atoms with van der Waals surface area (Å²) in [7, 11) is 1.26. The third kappa shape index (κ3) is 15.8. The summed E-state index contributed by atoms with van der Waals surface area (Å²) in [6.45, 7) is 10.9. The molecule has 0 radical (unpaired) electrons. The third-order valence-electron chi connectivity index (χ3n) is 8.37. The molecule has 3 rings (SSSR count). The number of ether oxygens (including phenoxy) is 5. The van der Waals surface area contributed by atoms with Crippen LogP contribution < -0.4 is 9.47 Å². The second kappa shape index (κ2) is 23.9. The highest BCUT2D eigenvalue weighted by Crippen LogP contribution is 2.28. The third-order valence-corrected chi connectivity index (χ3v) is 8.37. The molecule has 0 N–H and O–H groups in total. The molecule has 282 valence electrons. The van der Waals surface area contributed by atoms with Crippen LogP contribution in [0.25, 0.3) is 17.2 Å². The number of rotatable bonds is 25. The first-order valence-electron chi connectivity index (χ1n) is 18.3. The highest BCUT2D eigenvalue weighted by molar-refractivity contribution is 6.06. The Balaban J connectivity index is 1.36. The summed E-state index contributed by atoms with van der Waals surface area (Å²) in [4.78, 5) is 46.9. The second-order valence-corrected chi connectivity index (χ2v) is 12.4. The molecule has 0 fully saturated rings. The number of benzene rings is 3. The van der Waals surface area contributed by atoms with E-state index in [0.717, 1.165) is 91.5 Å². The Morgan fingerprint density at radius 1 is 0.698 bits per heavy atom. The lowest BCUT2D eigenvalue weighted by molar-refractivity contribution is -0.144. The van der Waals surface area contributed by atoms with Crippen molar-refractivity contribution in [2.45, 2.75) is 71.1 Å². The van der Waals surface area contributed by atoms with Gasteiger partial charge in [0.2, 0.25) is 0 Å². The van der Waals surface area contributed by atoms with Crippen LogP contribution in [-0.4, -0.2) is 57.2 Å². The van der Waals surface area contributed by atoms with Crippen molar-refractivity contribution in [1.82, 2.24) is 0 Å². The van der Waals surface area contributed by atoms with Gasteiger partial charge in [0.25, 0.3) is 0 Å². The van der Waals surface area contributed by atoms with Gasteiger partial charge < -0.3 is 23.7 Å². The van der Waals surface area contributed by atoms with Crippen molar-refractivity contribution in [3.05, 3.63) is 114 Å². The van der Waals surface area contributed by atoms with Crippen molar-refractivity contribution < 1.29 is 42.9 Å². The van der Waals surface area contributed by atoms with Crippen LogP contribution >= 0.6 is 0 Å². The van der Waals surface area contributed by atoms with E-state index in [1.807, 2.05) is 36.4 Å². The summed E-state index contributed by atoms with van der Waals surface area (Å²) in [5.41, 5.74) is 4.92. The molecule has 0 bridgehead atoms.